The van der Waals surface area contributed by atoms with Gasteiger partial charge < -0.3 is 4.74 Å². The Kier molecular flexibility index (Phi) is 12.3. The lowest BCUT2D eigenvalue weighted by Gasteiger charge is -2.30. The summed E-state index contributed by atoms with van der Waals surface area (Å²) in [6.07, 6.45) is 1.15. The largest absolute Gasteiger partial charge is 0.362 e. The molecule has 66 valence electrons. The van der Waals surface area contributed by atoms with Gasteiger partial charge in [0.1, 0.15) is 5.56 Å². The van der Waals surface area contributed by atoms with Crippen molar-refractivity contribution in [1.29, 1.82) is 0 Å². The van der Waals surface area contributed by atoms with E-state index in [0.717, 1.165) is 13.0 Å². The molecule has 1 aliphatic rings. The lowest BCUT2D eigenvalue weighted by molar-refractivity contribution is -0.0642. The average Bonchev–Trinajstić information content (AvgIpc) is 1.65. The monoisotopic (exact) mass is 168 g/mol. The lowest BCUT2D eigenvalue weighted by atomic mass is 10.1. The van der Waals surface area contributed by atoms with Gasteiger partial charge in [-0.1, -0.05) is 40.8 Å². The second-order valence-corrected chi connectivity index (χ2v) is 2.28. The zero-order chi connectivity index (χ0) is 5.28. The van der Waals surface area contributed by atoms with Gasteiger partial charge in [0.15, 0.2) is 0 Å². The van der Waals surface area contributed by atoms with Crippen molar-refractivity contribution in [2.24, 2.45) is 5.92 Å². The van der Waals surface area contributed by atoms with Gasteiger partial charge in [0.2, 0.25) is 0 Å². The topological polar surface area (TPSA) is 9.23 Å². The lowest BCUT2D eigenvalue weighted by Crippen LogP contribution is -2.34. The molecule has 2 atom stereocenters. The zero-order valence-electron chi connectivity index (χ0n) is 4.36. The van der Waals surface area contributed by atoms with Gasteiger partial charge in [0, 0.05) is 5.92 Å². The van der Waals surface area contributed by atoms with Gasteiger partial charge in [0.25, 0.3) is 0 Å². The Bertz CT molecular complexity index is 64.3. The molecule has 1 fully saturated rings. The van der Waals surface area contributed by atoms with Crippen LogP contribution in [0.15, 0.2) is 0 Å². The Hall–Kier alpha value is 0.250. The minimum atomic E-state index is 0. The number of ether oxygens (including phenoxy) is 1. The fraction of sp³-hybridized carbons (Fsp3) is 1.00. The predicted octanol–water partition coefficient (Wildman–Crippen LogP) is 3.52. The number of rotatable bonds is 1. The molecule has 0 bridgehead atoms. The molecule has 1 nitrogen and oxygen atoms in total. The maximum atomic E-state index is 5.59. The highest BCUT2D eigenvalue weighted by molar-refractivity contribution is 6.20. The smallest absolute Gasteiger partial charge is 0.136 e. The van der Waals surface area contributed by atoms with Gasteiger partial charge in [-0.25, -0.2) is 0 Å². The Morgan fingerprint density at radius 3 is 1.90 bits per heavy atom. The Balaban J connectivity index is -0.000000163. The van der Waals surface area contributed by atoms with Crippen LogP contribution in [0.2, 0.25) is 0 Å². The van der Waals surface area contributed by atoms with Crippen LogP contribution >= 0.6 is 11.6 Å². The Morgan fingerprint density at radius 1 is 1.40 bits per heavy atom. The molecule has 0 N–H and O–H groups in total. The average molecular weight is 169 g/mol. The quantitative estimate of drug-likeness (QED) is 0.545. The van der Waals surface area contributed by atoms with Crippen molar-refractivity contribution in [1.82, 2.24) is 0 Å². The van der Waals surface area contributed by atoms with Crippen molar-refractivity contribution < 1.29 is 4.74 Å². The molecule has 0 radical (unpaired) electrons. The molecule has 0 amide bonds. The van der Waals surface area contributed by atoms with E-state index in [9.17, 15) is 0 Å². The highest BCUT2D eigenvalue weighted by Gasteiger charge is 2.27. The molecule has 0 aromatic heterocycles. The van der Waals surface area contributed by atoms with Gasteiger partial charge in [0.05, 0.1) is 6.61 Å². The van der Waals surface area contributed by atoms with Crippen LogP contribution in [0.3, 0.4) is 0 Å². The van der Waals surface area contributed by atoms with E-state index in [1.807, 2.05) is 0 Å². The first-order valence-corrected chi connectivity index (χ1v) is 3.04. The van der Waals surface area contributed by atoms with Crippen LogP contribution in [0.25, 0.3) is 0 Å². The fourth-order valence-corrected chi connectivity index (χ4v) is 0.932. The first kappa shape index (κ1) is 16.7. The van der Waals surface area contributed by atoms with E-state index in [4.69, 9.17) is 16.3 Å². The molecule has 2 unspecified atom stereocenters. The maximum absolute atomic E-state index is 5.59. The molecule has 10 heavy (non-hydrogen) atoms. The van der Waals surface area contributed by atoms with Crippen LogP contribution in [0, 0.1) is 5.92 Å². The Labute approximate surface area is 70.7 Å². The zero-order valence-corrected chi connectivity index (χ0v) is 5.11. The van der Waals surface area contributed by atoms with E-state index < -0.39 is 0 Å². The van der Waals surface area contributed by atoms with Crippen molar-refractivity contribution in [3.63, 3.8) is 0 Å². The second-order valence-electron chi connectivity index (χ2n) is 1.85. The molecule has 0 aromatic rings. The van der Waals surface area contributed by atoms with Crippen LogP contribution in [-0.2, 0) is 4.74 Å². The molecular formula is C8H21ClO. The molecule has 2 heteroatoms. The molecule has 0 aromatic carbocycles. The third-order valence-electron chi connectivity index (χ3n) is 1.36. The minimum Gasteiger partial charge on any atom is -0.362 e. The first-order valence-electron chi connectivity index (χ1n) is 2.60. The minimum absolute atomic E-state index is 0. The summed E-state index contributed by atoms with van der Waals surface area (Å²) in [5, 5.41) is 0. The molecule has 0 aliphatic carbocycles. The molecular weight excluding hydrogens is 148 g/mol. The van der Waals surface area contributed by atoms with Gasteiger partial charge in [-0.15, -0.1) is 0 Å². The van der Waals surface area contributed by atoms with Crippen molar-refractivity contribution >= 4 is 11.6 Å². The summed E-state index contributed by atoms with van der Waals surface area (Å²) in [5.41, 5.74) is 0.0185. The van der Waals surface area contributed by atoms with Crippen molar-refractivity contribution in [3.05, 3.63) is 0 Å². The Morgan fingerprint density at radius 2 is 1.90 bits per heavy atom. The van der Waals surface area contributed by atoms with Gasteiger partial charge in [-0.3, -0.25) is 0 Å². The normalized spacial score (nSPS) is 28.2. The van der Waals surface area contributed by atoms with Crippen LogP contribution in [0.4, 0.5) is 0 Å². The van der Waals surface area contributed by atoms with Crippen LogP contribution in [0.1, 0.15) is 35.6 Å². The predicted molar refractivity (Wildman–Crippen MR) is 49.6 cm³/mol. The van der Waals surface area contributed by atoms with Crippen LogP contribution < -0.4 is 0 Å². The molecule has 0 saturated carbocycles. The van der Waals surface area contributed by atoms with E-state index >= 15 is 0 Å². The molecule has 1 heterocycles. The molecule has 1 saturated heterocycles. The van der Waals surface area contributed by atoms with E-state index in [1.165, 1.54) is 0 Å². The summed E-state index contributed by atoms with van der Waals surface area (Å²) in [4.78, 5) is 0. The van der Waals surface area contributed by atoms with Crippen molar-refractivity contribution in [3.8, 4) is 0 Å². The van der Waals surface area contributed by atoms with E-state index in [0.29, 0.717) is 5.92 Å². The number of alkyl halides is 1. The summed E-state index contributed by atoms with van der Waals surface area (Å²) in [7, 11) is 0. The van der Waals surface area contributed by atoms with Gasteiger partial charge >= 0.3 is 0 Å². The van der Waals surface area contributed by atoms with Crippen molar-refractivity contribution in [2.45, 2.75) is 41.2 Å². The third-order valence-corrected chi connectivity index (χ3v) is 1.85. The summed E-state index contributed by atoms with van der Waals surface area (Å²) in [6.45, 7) is 2.99. The van der Waals surface area contributed by atoms with Crippen LogP contribution in [-0.4, -0.2) is 12.2 Å². The van der Waals surface area contributed by atoms with E-state index in [2.05, 4.69) is 6.92 Å². The maximum Gasteiger partial charge on any atom is 0.136 e. The fourth-order valence-electron chi connectivity index (χ4n) is 0.608. The highest BCUT2D eigenvalue weighted by atomic mass is 35.5. The standard InChI is InChI=1S/C5H9ClO.3CH4/c1-2-4-3-7-5(4)6;;;/h4-5H,2-3H2,1H3;3*1H4. The van der Waals surface area contributed by atoms with Crippen LogP contribution in [0.5, 0.6) is 0 Å². The molecule has 1 aliphatic heterocycles. The summed E-state index contributed by atoms with van der Waals surface area (Å²) < 4.78 is 4.90. The van der Waals surface area contributed by atoms with Crippen molar-refractivity contribution in [2.75, 3.05) is 6.61 Å². The molecule has 0 spiro atoms. The summed E-state index contributed by atoms with van der Waals surface area (Å²) >= 11 is 5.59. The number of hydrogen-bond donors (Lipinski definition) is 0. The third kappa shape index (κ3) is 3.43. The van der Waals surface area contributed by atoms with Gasteiger partial charge in [-0.2, -0.15) is 0 Å². The summed E-state index contributed by atoms with van der Waals surface area (Å²) in [6, 6.07) is 0. The first-order chi connectivity index (χ1) is 3.34. The molecule has 1 rings (SSSR count). The van der Waals surface area contributed by atoms with Gasteiger partial charge in [-0.05, 0) is 6.42 Å². The number of hydrogen-bond acceptors (Lipinski definition) is 1. The van der Waals surface area contributed by atoms with E-state index in [-0.39, 0.29) is 27.8 Å². The highest BCUT2D eigenvalue weighted by Crippen LogP contribution is 2.25. The number of halogens is 1. The SMILES string of the molecule is C.C.C.CCC1COC1Cl. The second kappa shape index (κ2) is 7.36. The summed E-state index contributed by atoms with van der Waals surface area (Å²) in [5.74, 6) is 0.627. The van der Waals surface area contributed by atoms with E-state index in [1.54, 1.807) is 0 Å².